The molecule has 0 saturated heterocycles. The second-order valence-corrected chi connectivity index (χ2v) is 5.62. The summed E-state index contributed by atoms with van der Waals surface area (Å²) in [6, 6.07) is 0. The van der Waals surface area contributed by atoms with E-state index in [0.717, 1.165) is 61.7 Å². The molecule has 1 fully saturated rings. The van der Waals surface area contributed by atoms with Crippen molar-refractivity contribution in [1.82, 2.24) is 9.97 Å². The van der Waals surface area contributed by atoms with Crippen molar-refractivity contribution >= 4 is 5.82 Å². The Hall–Kier alpha value is -1.32. The zero-order valence-electron chi connectivity index (χ0n) is 13.0. The molecule has 1 aromatic rings. The van der Waals surface area contributed by atoms with Crippen LogP contribution in [0.1, 0.15) is 63.8 Å². The van der Waals surface area contributed by atoms with E-state index in [9.17, 15) is 0 Å². The molecule has 112 valence electrons. The minimum Gasteiger partial charge on any atom is -0.474 e. The first kappa shape index (κ1) is 15.1. The molecule has 1 saturated carbocycles. The molecular formula is C16H27N3O. The molecule has 0 aromatic carbocycles. The normalized spacial score (nSPS) is 15.6. The Morgan fingerprint density at radius 3 is 2.55 bits per heavy atom. The monoisotopic (exact) mass is 277 g/mol. The number of aromatic nitrogens is 2. The highest BCUT2D eigenvalue weighted by Gasteiger charge is 2.20. The SMILES string of the molecule is CCCNc1nc(CCC)nc(OC2CCCC2)c1C. The molecule has 0 radical (unpaired) electrons. The maximum atomic E-state index is 6.12. The van der Waals surface area contributed by atoms with Gasteiger partial charge in [-0.1, -0.05) is 13.8 Å². The van der Waals surface area contributed by atoms with Crippen LogP contribution in [-0.4, -0.2) is 22.6 Å². The number of ether oxygens (including phenoxy) is 1. The molecule has 4 heteroatoms. The Morgan fingerprint density at radius 2 is 1.90 bits per heavy atom. The maximum Gasteiger partial charge on any atom is 0.222 e. The van der Waals surface area contributed by atoms with Gasteiger partial charge in [0.2, 0.25) is 5.88 Å². The van der Waals surface area contributed by atoms with Crippen LogP contribution in [0.3, 0.4) is 0 Å². The third kappa shape index (κ3) is 3.84. The van der Waals surface area contributed by atoms with Gasteiger partial charge >= 0.3 is 0 Å². The number of nitrogens with zero attached hydrogens (tertiary/aromatic N) is 2. The fourth-order valence-corrected chi connectivity index (χ4v) is 2.57. The lowest BCUT2D eigenvalue weighted by atomic mass is 10.2. The van der Waals surface area contributed by atoms with Gasteiger partial charge in [0.15, 0.2) is 0 Å². The second kappa shape index (κ2) is 7.46. The van der Waals surface area contributed by atoms with Gasteiger partial charge < -0.3 is 10.1 Å². The van der Waals surface area contributed by atoms with Crippen molar-refractivity contribution in [2.75, 3.05) is 11.9 Å². The Balaban J connectivity index is 2.19. The van der Waals surface area contributed by atoms with Gasteiger partial charge in [-0.25, -0.2) is 4.98 Å². The molecule has 1 N–H and O–H groups in total. The van der Waals surface area contributed by atoms with E-state index >= 15 is 0 Å². The van der Waals surface area contributed by atoms with Crippen molar-refractivity contribution in [2.45, 2.75) is 71.8 Å². The van der Waals surface area contributed by atoms with Crippen LogP contribution in [0.15, 0.2) is 0 Å². The van der Waals surface area contributed by atoms with Crippen LogP contribution in [0.4, 0.5) is 5.82 Å². The van der Waals surface area contributed by atoms with Gasteiger partial charge in [0.1, 0.15) is 17.7 Å². The van der Waals surface area contributed by atoms with E-state index in [1.54, 1.807) is 0 Å². The van der Waals surface area contributed by atoms with Gasteiger partial charge in [0.05, 0.1) is 5.56 Å². The first-order valence-corrected chi connectivity index (χ1v) is 8.02. The summed E-state index contributed by atoms with van der Waals surface area (Å²) < 4.78 is 6.12. The Labute approximate surface area is 122 Å². The average molecular weight is 277 g/mol. The number of hydrogen-bond acceptors (Lipinski definition) is 4. The van der Waals surface area contributed by atoms with E-state index in [4.69, 9.17) is 4.74 Å². The number of nitrogens with one attached hydrogen (secondary N) is 1. The molecule has 0 amide bonds. The van der Waals surface area contributed by atoms with E-state index in [2.05, 4.69) is 36.1 Å². The van der Waals surface area contributed by atoms with Crippen molar-refractivity contribution in [3.05, 3.63) is 11.4 Å². The van der Waals surface area contributed by atoms with Gasteiger partial charge in [-0.2, -0.15) is 4.98 Å². The lowest BCUT2D eigenvalue weighted by molar-refractivity contribution is 0.199. The van der Waals surface area contributed by atoms with Gasteiger partial charge in [-0.3, -0.25) is 0 Å². The highest BCUT2D eigenvalue weighted by atomic mass is 16.5. The van der Waals surface area contributed by atoms with E-state index in [1.807, 2.05) is 0 Å². The van der Waals surface area contributed by atoms with E-state index in [0.29, 0.717) is 6.10 Å². The predicted molar refractivity (Wildman–Crippen MR) is 82.4 cm³/mol. The molecule has 0 unspecified atom stereocenters. The molecule has 1 aromatic heterocycles. The minimum absolute atomic E-state index is 0.345. The molecule has 0 atom stereocenters. The first-order chi connectivity index (χ1) is 9.74. The van der Waals surface area contributed by atoms with E-state index in [-0.39, 0.29) is 0 Å². The molecule has 20 heavy (non-hydrogen) atoms. The molecule has 1 aliphatic carbocycles. The first-order valence-electron chi connectivity index (χ1n) is 8.02. The largest absolute Gasteiger partial charge is 0.474 e. The summed E-state index contributed by atoms with van der Waals surface area (Å²) >= 11 is 0. The maximum absolute atomic E-state index is 6.12. The fourth-order valence-electron chi connectivity index (χ4n) is 2.57. The Kier molecular flexibility index (Phi) is 5.62. The fraction of sp³-hybridized carbons (Fsp3) is 0.750. The molecule has 0 spiro atoms. The van der Waals surface area contributed by atoms with Crippen molar-refractivity contribution in [3.8, 4) is 5.88 Å². The van der Waals surface area contributed by atoms with Crippen LogP contribution in [0.5, 0.6) is 5.88 Å². The summed E-state index contributed by atoms with van der Waals surface area (Å²) in [5.41, 5.74) is 1.05. The minimum atomic E-state index is 0.345. The van der Waals surface area contributed by atoms with Gasteiger partial charge in [0.25, 0.3) is 0 Å². The molecule has 4 nitrogen and oxygen atoms in total. The summed E-state index contributed by atoms with van der Waals surface area (Å²) in [6.07, 6.45) is 8.26. The van der Waals surface area contributed by atoms with Crippen LogP contribution < -0.4 is 10.1 Å². The summed E-state index contributed by atoms with van der Waals surface area (Å²) in [7, 11) is 0. The van der Waals surface area contributed by atoms with Gasteiger partial charge in [-0.05, 0) is 45.4 Å². The van der Waals surface area contributed by atoms with Crippen molar-refractivity contribution in [1.29, 1.82) is 0 Å². The average Bonchev–Trinajstić information content (AvgIpc) is 2.94. The summed E-state index contributed by atoms with van der Waals surface area (Å²) in [4.78, 5) is 9.25. The number of hydrogen-bond donors (Lipinski definition) is 1. The summed E-state index contributed by atoms with van der Waals surface area (Å²) in [5, 5.41) is 3.40. The van der Waals surface area contributed by atoms with Gasteiger partial charge in [-0.15, -0.1) is 0 Å². The van der Waals surface area contributed by atoms with Crippen LogP contribution >= 0.6 is 0 Å². The van der Waals surface area contributed by atoms with E-state index in [1.165, 1.54) is 12.8 Å². The van der Waals surface area contributed by atoms with Crippen molar-refractivity contribution < 1.29 is 4.74 Å². The lowest BCUT2D eigenvalue weighted by Gasteiger charge is -2.17. The highest BCUT2D eigenvalue weighted by Crippen LogP contribution is 2.28. The molecule has 0 aliphatic heterocycles. The Bertz CT molecular complexity index is 428. The molecule has 2 rings (SSSR count). The van der Waals surface area contributed by atoms with Gasteiger partial charge in [0, 0.05) is 13.0 Å². The smallest absolute Gasteiger partial charge is 0.222 e. The zero-order valence-corrected chi connectivity index (χ0v) is 13.0. The van der Waals surface area contributed by atoms with Crippen molar-refractivity contribution in [2.24, 2.45) is 0 Å². The van der Waals surface area contributed by atoms with Crippen LogP contribution in [0, 0.1) is 6.92 Å². The van der Waals surface area contributed by atoms with Crippen LogP contribution in [0.25, 0.3) is 0 Å². The van der Waals surface area contributed by atoms with Crippen LogP contribution in [-0.2, 0) is 6.42 Å². The molecule has 1 heterocycles. The topological polar surface area (TPSA) is 47.0 Å². The zero-order chi connectivity index (χ0) is 14.4. The van der Waals surface area contributed by atoms with E-state index < -0.39 is 0 Å². The molecular weight excluding hydrogens is 250 g/mol. The van der Waals surface area contributed by atoms with Crippen LogP contribution in [0.2, 0.25) is 0 Å². The molecule has 1 aliphatic rings. The third-order valence-electron chi connectivity index (χ3n) is 3.74. The lowest BCUT2D eigenvalue weighted by Crippen LogP contribution is -2.16. The Morgan fingerprint density at radius 1 is 1.15 bits per heavy atom. The predicted octanol–water partition coefficient (Wildman–Crippen LogP) is 3.88. The number of anilines is 1. The number of rotatable bonds is 7. The summed E-state index contributed by atoms with van der Waals surface area (Å²) in [5.74, 6) is 2.62. The number of aryl methyl sites for hydroxylation is 1. The second-order valence-electron chi connectivity index (χ2n) is 5.62. The van der Waals surface area contributed by atoms with Crippen molar-refractivity contribution in [3.63, 3.8) is 0 Å². The quantitative estimate of drug-likeness (QED) is 0.821. The third-order valence-corrected chi connectivity index (χ3v) is 3.74. The standard InChI is InChI=1S/C16H27N3O/c1-4-8-14-18-15(17-11-5-2)12(3)16(19-14)20-13-9-6-7-10-13/h13H,4-11H2,1-3H3,(H,17,18,19). The highest BCUT2D eigenvalue weighted by molar-refractivity contribution is 5.48. The summed E-state index contributed by atoms with van der Waals surface area (Å²) in [6.45, 7) is 7.30. The molecule has 0 bridgehead atoms.